The molecule has 4 aromatic carbocycles. The number of benzene rings is 4. The number of nitrogens with zero attached hydrogens (tertiary/aromatic N) is 1. The molecule has 4 aromatic rings. The highest BCUT2D eigenvalue weighted by atomic mass is 16.6. The zero-order chi connectivity index (χ0) is 28.9. The fourth-order valence-corrected chi connectivity index (χ4v) is 3.77. The molecule has 4 rings (SSSR count). The van der Waals surface area contributed by atoms with Crippen molar-refractivity contribution < 1.29 is 23.8 Å². The van der Waals surface area contributed by atoms with E-state index in [0.717, 1.165) is 22.4 Å². The SMILES string of the molecule is COc1cc(/C=C(\C#N)C(=O)NCc2ccccc2)ccc1OC(=O)/C=C/c1ccc(OCc2ccccc2)cc1. The topological polar surface area (TPSA) is 97.6 Å². The Balaban J connectivity index is 1.34. The van der Waals surface area contributed by atoms with E-state index in [1.807, 2.05) is 91.0 Å². The predicted molar refractivity (Wildman–Crippen MR) is 157 cm³/mol. The Morgan fingerprint density at radius 2 is 1.49 bits per heavy atom. The molecule has 0 aliphatic carbocycles. The first kappa shape index (κ1) is 28.4. The van der Waals surface area contributed by atoms with Crippen LogP contribution in [0.15, 0.2) is 115 Å². The summed E-state index contributed by atoms with van der Waals surface area (Å²) >= 11 is 0. The third-order valence-corrected chi connectivity index (χ3v) is 5.91. The van der Waals surface area contributed by atoms with E-state index in [1.165, 1.54) is 19.3 Å². The Hall–Kier alpha value is -5.61. The Morgan fingerprint density at radius 3 is 2.15 bits per heavy atom. The van der Waals surface area contributed by atoms with Crippen molar-refractivity contribution in [3.8, 4) is 23.3 Å². The van der Waals surface area contributed by atoms with Gasteiger partial charge in [-0.15, -0.1) is 0 Å². The van der Waals surface area contributed by atoms with Crippen LogP contribution in [-0.4, -0.2) is 19.0 Å². The Bertz CT molecular complexity index is 1570. The Morgan fingerprint density at radius 1 is 0.829 bits per heavy atom. The zero-order valence-electron chi connectivity index (χ0n) is 22.4. The van der Waals surface area contributed by atoms with E-state index in [2.05, 4.69) is 5.32 Å². The van der Waals surface area contributed by atoms with Gasteiger partial charge in [-0.05, 0) is 58.7 Å². The van der Waals surface area contributed by atoms with Gasteiger partial charge in [0.2, 0.25) is 0 Å². The number of amides is 1. The zero-order valence-corrected chi connectivity index (χ0v) is 22.4. The number of carbonyl (C=O) groups excluding carboxylic acids is 2. The molecule has 41 heavy (non-hydrogen) atoms. The van der Waals surface area contributed by atoms with Crippen LogP contribution < -0.4 is 19.5 Å². The fraction of sp³-hybridized carbons (Fsp3) is 0.0882. The second-order valence-corrected chi connectivity index (χ2v) is 8.85. The van der Waals surface area contributed by atoms with Crippen molar-refractivity contribution >= 4 is 24.0 Å². The average Bonchev–Trinajstić information content (AvgIpc) is 3.02. The maximum atomic E-state index is 12.5. The maximum absolute atomic E-state index is 12.5. The number of methoxy groups -OCH3 is 1. The molecular weight excluding hydrogens is 516 g/mol. The Kier molecular flexibility index (Phi) is 10.1. The summed E-state index contributed by atoms with van der Waals surface area (Å²) in [5, 5.41) is 12.2. The molecule has 1 amide bonds. The normalized spacial score (nSPS) is 11.0. The third kappa shape index (κ3) is 8.70. The molecule has 204 valence electrons. The lowest BCUT2D eigenvalue weighted by molar-refractivity contribution is -0.129. The largest absolute Gasteiger partial charge is 0.493 e. The van der Waals surface area contributed by atoms with Gasteiger partial charge in [0.25, 0.3) is 5.91 Å². The highest BCUT2D eigenvalue weighted by Gasteiger charge is 2.12. The third-order valence-electron chi connectivity index (χ3n) is 5.91. The number of nitriles is 1. The van der Waals surface area contributed by atoms with Crippen molar-refractivity contribution in [3.63, 3.8) is 0 Å². The summed E-state index contributed by atoms with van der Waals surface area (Å²) in [7, 11) is 1.44. The van der Waals surface area contributed by atoms with Crippen LogP contribution in [0.1, 0.15) is 22.3 Å². The first-order chi connectivity index (χ1) is 20.0. The minimum absolute atomic E-state index is 0.0628. The molecule has 0 radical (unpaired) electrons. The number of ether oxygens (including phenoxy) is 3. The molecule has 0 heterocycles. The summed E-state index contributed by atoms with van der Waals surface area (Å²) in [5.41, 5.74) is 3.28. The van der Waals surface area contributed by atoms with Crippen molar-refractivity contribution in [3.05, 3.63) is 137 Å². The van der Waals surface area contributed by atoms with Gasteiger partial charge in [0.05, 0.1) is 7.11 Å². The summed E-state index contributed by atoms with van der Waals surface area (Å²) < 4.78 is 16.6. The number of esters is 1. The second kappa shape index (κ2) is 14.5. The van der Waals surface area contributed by atoms with Crippen molar-refractivity contribution in [1.29, 1.82) is 5.26 Å². The van der Waals surface area contributed by atoms with Gasteiger partial charge in [-0.3, -0.25) is 4.79 Å². The molecule has 0 spiro atoms. The van der Waals surface area contributed by atoms with E-state index in [1.54, 1.807) is 24.3 Å². The molecule has 0 unspecified atom stereocenters. The number of nitrogens with one attached hydrogen (secondary N) is 1. The molecule has 0 saturated carbocycles. The lowest BCUT2D eigenvalue weighted by atomic mass is 10.1. The summed E-state index contributed by atoms with van der Waals surface area (Å²) in [4.78, 5) is 25.0. The van der Waals surface area contributed by atoms with E-state index in [9.17, 15) is 14.9 Å². The van der Waals surface area contributed by atoms with Gasteiger partial charge in [0.15, 0.2) is 11.5 Å². The molecule has 0 atom stereocenters. The highest BCUT2D eigenvalue weighted by molar-refractivity contribution is 6.01. The number of rotatable bonds is 11. The van der Waals surface area contributed by atoms with E-state index in [4.69, 9.17) is 14.2 Å². The number of hydrogen-bond donors (Lipinski definition) is 1. The van der Waals surface area contributed by atoms with Gasteiger partial charge in [-0.1, -0.05) is 78.9 Å². The molecule has 0 aliphatic rings. The van der Waals surface area contributed by atoms with Gasteiger partial charge in [-0.2, -0.15) is 5.26 Å². The molecule has 7 heteroatoms. The fourth-order valence-electron chi connectivity index (χ4n) is 3.77. The van der Waals surface area contributed by atoms with Crippen molar-refractivity contribution in [2.75, 3.05) is 7.11 Å². The van der Waals surface area contributed by atoms with Crippen LogP contribution in [0.25, 0.3) is 12.2 Å². The van der Waals surface area contributed by atoms with Gasteiger partial charge >= 0.3 is 5.97 Å². The minimum Gasteiger partial charge on any atom is -0.493 e. The quantitative estimate of drug-likeness (QED) is 0.106. The Labute approximate surface area is 238 Å². The van der Waals surface area contributed by atoms with Crippen LogP contribution in [0.4, 0.5) is 0 Å². The molecule has 0 bridgehead atoms. The van der Waals surface area contributed by atoms with Crippen LogP contribution in [0.3, 0.4) is 0 Å². The molecule has 7 nitrogen and oxygen atoms in total. The lowest BCUT2D eigenvalue weighted by Crippen LogP contribution is -2.23. The van der Waals surface area contributed by atoms with Gasteiger partial charge in [0.1, 0.15) is 24.0 Å². The minimum atomic E-state index is -0.589. The van der Waals surface area contributed by atoms with Crippen LogP contribution >= 0.6 is 0 Å². The lowest BCUT2D eigenvalue weighted by Gasteiger charge is -2.09. The van der Waals surface area contributed by atoms with Crippen LogP contribution in [0.2, 0.25) is 0 Å². The first-order valence-electron chi connectivity index (χ1n) is 12.8. The molecule has 0 fully saturated rings. The number of hydrogen-bond acceptors (Lipinski definition) is 6. The summed E-state index contributed by atoms with van der Waals surface area (Å²) in [5.74, 6) is 0.125. The molecule has 0 aromatic heterocycles. The van der Waals surface area contributed by atoms with Gasteiger partial charge < -0.3 is 19.5 Å². The maximum Gasteiger partial charge on any atom is 0.336 e. The molecule has 0 saturated heterocycles. The van der Waals surface area contributed by atoms with Gasteiger partial charge in [0, 0.05) is 12.6 Å². The first-order valence-corrected chi connectivity index (χ1v) is 12.8. The van der Waals surface area contributed by atoms with E-state index in [-0.39, 0.29) is 17.1 Å². The van der Waals surface area contributed by atoms with Crippen LogP contribution in [0, 0.1) is 11.3 Å². The number of carbonyl (C=O) groups is 2. The second-order valence-electron chi connectivity index (χ2n) is 8.85. The van der Waals surface area contributed by atoms with Crippen molar-refractivity contribution in [2.24, 2.45) is 0 Å². The van der Waals surface area contributed by atoms with E-state index >= 15 is 0 Å². The summed E-state index contributed by atoms with van der Waals surface area (Å²) in [6.07, 6.45) is 4.40. The van der Waals surface area contributed by atoms with E-state index in [0.29, 0.717) is 18.7 Å². The standard InChI is InChI=1S/C34H28N2O5/c1-39-32-21-28(20-29(22-35)34(38)36-23-26-8-4-2-5-9-26)14-18-31(32)41-33(37)19-15-25-12-16-30(17-13-25)40-24-27-10-6-3-7-11-27/h2-21H,23-24H2,1H3,(H,36,38)/b19-15+,29-20+. The van der Waals surface area contributed by atoms with E-state index < -0.39 is 11.9 Å². The molecule has 0 aliphatic heterocycles. The van der Waals surface area contributed by atoms with Gasteiger partial charge in [-0.25, -0.2) is 4.79 Å². The van der Waals surface area contributed by atoms with Crippen molar-refractivity contribution in [1.82, 2.24) is 5.32 Å². The van der Waals surface area contributed by atoms with Crippen LogP contribution in [0.5, 0.6) is 17.2 Å². The van der Waals surface area contributed by atoms with Crippen LogP contribution in [-0.2, 0) is 22.7 Å². The molecular formula is C34H28N2O5. The smallest absolute Gasteiger partial charge is 0.336 e. The monoisotopic (exact) mass is 544 g/mol. The van der Waals surface area contributed by atoms with Crippen molar-refractivity contribution in [2.45, 2.75) is 13.2 Å². The highest BCUT2D eigenvalue weighted by Crippen LogP contribution is 2.29. The predicted octanol–water partition coefficient (Wildman–Crippen LogP) is 6.12. The summed E-state index contributed by atoms with van der Waals surface area (Å²) in [6, 6.07) is 33.3. The molecule has 1 N–H and O–H groups in total. The summed E-state index contributed by atoms with van der Waals surface area (Å²) in [6.45, 7) is 0.772. The average molecular weight is 545 g/mol.